The van der Waals surface area contributed by atoms with Gasteiger partial charge in [0.15, 0.2) is 11.5 Å². The average molecular weight is 434 g/mol. The first kappa shape index (κ1) is 21.0. The molecule has 2 aromatic carbocycles. The molecule has 0 bridgehead atoms. The Morgan fingerprint density at radius 1 is 1.10 bits per heavy atom. The molecule has 0 aliphatic heterocycles. The highest BCUT2D eigenvalue weighted by Gasteiger charge is 2.12. The summed E-state index contributed by atoms with van der Waals surface area (Å²) in [6.45, 7) is 0.400. The molecule has 0 aliphatic carbocycles. The molecule has 1 N–H and O–H groups in total. The maximum Gasteiger partial charge on any atom is 0.225 e. The second-order valence-electron chi connectivity index (χ2n) is 6.32. The third kappa shape index (κ3) is 5.22. The van der Waals surface area contributed by atoms with Crippen LogP contribution in [0.15, 0.2) is 48.7 Å². The topological polar surface area (TPSA) is 65.4 Å². The number of aryl methyl sites for hydroxylation is 1. The van der Waals surface area contributed by atoms with Gasteiger partial charge in [-0.1, -0.05) is 41.4 Å². The monoisotopic (exact) mass is 433 g/mol. The Labute approximate surface area is 179 Å². The number of ether oxygens (including phenoxy) is 2. The number of nitrogens with zero attached hydrogens (tertiary/aromatic N) is 2. The Morgan fingerprint density at radius 2 is 1.90 bits per heavy atom. The lowest BCUT2D eigenvalue weighted by molar-refractivity contribution is -0.116. The molecule has 0 unspecified atom stereocenters. The molecule has 0 saturated carbocycles. The highest BCUT2D eigenvalue weighted by atomic mass is 35.5. The molecule has 1 aromatic heterocycles. The van der Waals surface area contributed by atoms with Crippen molar-refractivity contribution in [2.45, 2.75) is 19.4 Å². The molecule has 0 fully saturated rings. The summed E-state index contributed by atoms with van der Waals surface area (Å²) in [6, 6.07) is 12.8. The lowest BCUT2D eigenvalue weighted by atomic mass is 10.1. The van der Waals surface area contributed by atoms with E-state index in [1.165, 1.54) is 0 Å². The van der Waals surface area contributed by atoms with Gasteiger partial charge in [0.1, 0.15) is 5.82 Å². The van der Waals surface area contributed by atoms with Crippen molar-refractivity contribution in [3.05, 3.63) is 69.8 Å². The number of carbonyl (C=O) groups excluding carboxylic acids is 1. The molecule has 152 valence electrons. The van der Waals surface area contributed by atoms with E-state index in [9.17, 15) is 4.79 Å². The molecule has 0 atom stereocenters. The number of amides is 1. The molecular weight excluding hydrogens is 413 g/mol. The molecule has 6 nitrogen and oxygen atoms in total. The van der Waals surface area contributed by atoms with E-state index in [1.54, 1.807) is 37.2 Å². The summed E-state index contributed by atoms with van der Waals surface area (Å²) in [4.78, 5) is 12.4. The van der Waals surface area contributed by atoms with Gasteiger partial charge in [0.25, 0.3) is 0 Å². The Balaban J connectivity index is 1.62. The molecule has 0 saturated heterocycles. The summed E-state index contributed by atoms with van der Waals surface area (Å²) >= 11 is 12.3. The van der Waals surface area contributed by atoms with E-state index >= 15 is 0 Å². The fraction of sp³-hybridized carbons (Fsp3) is 0.238. The van der Waals surface area contributed by atoms with Gasteiger partial charge in [-0.2, -0.15) is 5.10 Å². The van der Waals surface area contributed by atoms with Crippen molar-refractivity contribution < 1.29 is 14.3 Å². The summed E-state index contributed by atoms with van der Waals surface area (Å²) < 4.78 is 12.2. The molecular formula is C21H21Cl2N3O3. The zero-order valence-electron chi connectivity index (χ0n) is 16.1. The highest BCUT2D eigenvalue weighted by Crippen LogP contribution is 2.28. The molecule has 3 rings (SSSR count). The van der Waals surface area contributed by atoms with Crippen LogP contribution in [0.5, 0.6) is 11.5 Å². The number of anilines is 1. The predicted molar refractivity (Wildman–Crippen MR) is 114 cm³/mol. The number of hydrogen-bond acceptors (Lipinski definition) is 4. The van der Waals surface area contributed by atoms with Crippen molar-refractivity contribution in [3.8, 4) is 11.5 Å². The van der Waals surface area contributed by atoms with Crippen LogP contribution in [-0.2, 0) is 17.8 Å². The van der Waals surface area contributed by atoms with Crippen molar-refractivity contribution in [1.29, 1.82) is 0 Å². The summed E-state index contributed by atoms with van der Waals surface area (Å²) in [5.41, 5.74) is 1.81. The quantitative estimate of drug-likeness (QED) is 0.552. The van der Waals surface area contributed by atoms with Gasteiger partial charge in [-0.15, -0.1) is 0 Å². The first-order valence-corrected chi connectivity index (χ1v) is 9.73. The summed E-state index contributed by atoms with van der Waals surface area (Å²) in [5.74, 6) is 1.78. The zero-order valence-corrected chi connectivity index (χ0v) is 17.6. The zero-order chi connectivity index (χ0) is 20.8. The van der Waals surface area contributed by atoms with Crippen LogP contribution >= 0.6 is 23.2 Å². The van der Waals surface area contributed by atoms with E-state index in [0.717, 1.165) is 11.1 Å². The van der Waals surface area contributed by atoms with Gasteiger partial charge in [0.2, 0.25) is 5.91 Å². The lowest BCUT2D eigenvalue weighted by Gasteiger charge is -2.11. The minimum atomic E-state index is -0.112. The number of benzene rings is 2. The Bertz CT molecular complexity index is 1000. The number of rotatable bonds is 8. The van der Waals surface area contributed by atoms with E-state index in [2.05, 4.69) is 10.4 Å². The third-order valence-electron chi connectivity index (χ3n) is 4.42. The van der Waals surface area contributed by atoms with E-state index in [4.69, 9.17) is 32.7 Å². The minimum absolute atomic E-state index is 0.112. The predicted octanol–water partition coefficient (Wildman–Crippen LogP) is 4.83. The van der Waals surface area contributed by atoms with E-state index < -0.39 is 0 Å². The van der Waals surface area contributed by atoms with Crippen LogP contribution in [0, 0.1) is 0 Å². The molecule has 8 heteroatoms. The number of carbonyl (C=O) groups is 1. The fourth-order valence-corrected chi connectivity index (χ4v) is 3.28. The van der Waals surface area contributed by atoms with Crippen molar-refractivity contribution in [2.75, 3.05) is 19.5 Å². The third-order valence-corrected chi connectivity index (χ3v) is 5.28. The van der Waals surface area contributed by atoms with Crippen molar-refractivity contribution >= 4 is 34.9 Å². The maximum atomic E-state index is 12.4. The summed E-state index contributed by atoms with van der Waals surface area (Å²) in [6.07, 6.45) is 2.52. The number of aromatic nitrogens is 2. The average Bonchev–Trinajstić information content (AvgIpc) is 3.16. The number of hydrogen-bond donors (Lipinski definition) is 1. The van der Waals surface area contributed by atoms with Crippen LogP contribution in [-0.4, -0.2) is 29.9 Å². The smallest absolute Gasteiger partial charge is 0.225 e. The molecule has 1 heterocycles. The summed E-state index contributed by atoms with van der Waals surface area (Å²) in [7, 11) is 3.17. The van der Waals surface area contributed by atoms with E-state index in [-0.39, 0.29) is 5.91 Å². The highest BCUT2D eigenvalue weighted by molar-refractivity contribution is 6.42. The number of nitrogens with one attached hydrogen (secondary N) is 1. The number of halogens is 2. The lowest BCUT2D eigenvalue weighted by Crippen LogP contribution is -2.16. The SMILES string of the molecule is COc1ccc(CCC(=O)Nc2ccnn2Cc2cccc(Cl)c2Cl)cc1OC. The molecule has 1 amide bonds. The second-order valence-corrected chi connectivity index (χ2v) is 7.11. The standard InChI is InChI=1S/C21H21Cl2N3O3/c1-28-17-8-6-14(12-18(17)29-2)7-9-20(27)25-19-10-11-24-26(19)13-15-4-3-5-16(22)21(15)23/h3-6,8,10-12H,7,9,13H2,1-2H3,(H,25,27). The number of methoxy groups -OCH3 is 2. The van der Waals surface area contributed by atoms with Gasteiger partial charge >= 0.3 is 0 Å². The van der Waals surface area contributed by atoms with Gasteiger partial charge in [-0.25, -0.2) is 4.68 Å². The molecule has 0 radical (unpaired) electrons. The maximum absolute atomic E-state index is 12.4. The molecule has 0 spiro atoms. The van der Waals surface area contributed by atoms with Crippen LogP contribution in [0.2, 0.25) is 10.0 Å². The van der Waals surface area contributed by atoms with Gasteiger partial charge in [0, 0.05) is 12.5 Å². The van der Waals surface area contributed by atoms with Crippen LogP contribution in [0.1, 0.15) is 17.5 Å². The summed E-state index contributed by atoms with van der Waals surface area (Å²) in [5, 5.41) is 8.13. The molecule has 29 heavy (non-hydrogen) atoms. The van der Waals surface area contributed by atoms with E-state index in [0.29, 0.717) is 46.7 Å². The van der Waals surface area contributed by atoms with Crippen molar-refractivity contribution in [2.24, 2.45) is 0 Å². The Morgan fingerprint density at radius 3 is 2.66 bits per heavy atom. The first-order valence-electron chi connectivity index (χ1n) is 8.97. The van der Waals surface area contributed by atoms with Crippen LogP contribution in [0.25, 0.3) is 0 Å². The minimum Gasteiger partial charge on any atom is -0.493 e. The Hall–Kier alpha value is -2.70. The van der Waals surface area contributed by atoms with Crippen LogP contribution < -0.4 is 14.8 Å². The van der Waals surface area contributed by atoms with Crippen molar-refractivity contribution in [3.63, 3.8) is 0 Å². The van der Waals surface area contributed by atoms with Gasteiger partial charge in [-0.05, 0) is 35.7 Å². The van der Waals surface area contributed by atoms with Gasteiger partial charge < -0.3 is 14.8 Å². The largest absolute Gasteiger partial charge is 0.493 e. The van der Waals surface area contributed by atoms with Crippen molar-refractivity contribution in [1.82, 2.24) is 9.78 Å². The second kappa shape index (κ2) is 9.67. The molecule has 0 aliphatic rings. The Kier molecular flexibility index (Phi) is 7.01. The normalized spacial score (nSPS) is 10.6. The van der Waals surface area contributed by atoms with Crippen LogP contribution in [0.3, 0.4) is 0 Å². The fourth-order valence-electron chi connectivity index (χ4n) is 2.90. The first-order chi connectivity index (χ1) is 14.0. The van der Waals surface area contributed by atoms with Gasteiger partial charge in [-0.3, -0.25) is 4.79 Å². The van der Waals surface area contributed by atoms with Gasteiger partial charge in [0.05, 0.1) is 37.0 Å². The van der Waals surface area contributed by atoms with Crippen LogP contribution in [0.4, 0.5) is 5.82 Å². The van der Waals surface area contributed by atoms with E-state index in [1.807, 2.05) is 30.3 Å². The molecule has 3 aromatic rings.